The average molecular weight is 224 g/mol. The molecule has 1 aliphatic rings. The van der Waals surface area contributed by atoms with Gasteiger partial charge in [0.1, 0.15) is 0 Å². The summed E-state index contributed by atoms with van der Waals surface area (Å²) in [6, 6.07) is 0. The van der Waals surface area contributed by atoms with Gasteiger partial charge in [0.2, 0.25) is 0 Å². The second-order valence-corrected chi connectivity index (χ2v) is 4.67. The Morgan fingerprint density at radius 3 is 2.27 bits per heavy atom. The predicted molar refractivity (Wildman–Crippen MR) is 53.6 cm³/mol. The molecule has 0 aromatic rings. The lowest BCUT2D eigenvalue weighted by Crippen LogP contribution is -2.47. The molecule has 0 heterocycles. The summed E-state index contributed by atoms with van der Waals surface area (Å²) in [7, 11) is 1.71. The fourth-order valence-electron chi connectivity index (χ4n) is 2.17. The van der Waals surface area contributed by atoms with Crippen molar-refractivity contribution in [1.82, 2.24) is 4.90 Å². The second-order valence-electron chi connectivity index (χ2n) is 4.67. The lowest BCUT2D eigenvalue weighted by Gasteiger charge is -2.29. The van der Waals surface area contributed by atoms with Crippen LogP contribution >= 0.6 is 0 Å². The minimum absolute atomic E-state index is 0.0441. The molecule has 15 heavy (non-hydrogen) atoms. The third-order valence-corrected chi connectivity index (χ3v) is 2.96. The third-order valence-electron chi connectivity index (χ3n) is 2.96. The van der Waals surface area contributed by atoms with Crippen LogP contribution in [-0.2, 0) is 0 Å². The molecule has 90 valence electrons. The van der Waals surface area contributed by atoms with Crippen LogP contribution in [0.25, 0.3) is 0 Å². The summed E-state index contributed by atoms with van der Waals surface area (Å²) in [6.45, 7) is 0.617. The lowest BCUT2D eigenvalue weighted by molar-refractivity contribution is -0.137. The molecular formula is C10H19F3N2. The fraction of sp³-hybridized carbons (Fsp3) is 1.00. The van der Waals surface area contributed by atoms with Gasteiger partial charge in [0.15, 0.2) is 0 Å². The molecule has 0 unspecified atom stereocenters. The van der Waals surface area contributed by atoms with Gasteiger partial charge < -0.3 is 10.6 Å². The topological polar surface area (TPSA) is 29.3 Å². The van der Waals surface area contributed by atoms with E-state index < -0.39 is 12.6 Å². The van der Waals surface area contributed by atoms with Crippen molar-refractivity contribution in [2.24, 2.45) is 5.73 Å². The maximum atomic E-state index is 12.0. The van der Waals surface area contributed by atoms with Gasteiger partial charge in [-0.1, -0.05) is 12.8 Å². The van der Waals surface area contributed by atoms with E-state index in [0.29, 0.717) is 6.54 Å². The first-order chi connectivity index (χ1) is 6.81. The van der Waals surface area contributed by atoms with Crippen LogP contribution in [-0.4, -0.2) is 36.8 Å². The molecule has 1 rings (SSSR count). The van der Waals surface area contributed by atoms with Crippen molar-refractivity contribution in [3.05, 3.63) is 0 Å². The van der Waals surface area contributed by atoms with E-state index in [1.807, 2.05) is 0 Å². The first-order valence-corrected chi connectivity index (χ1v) is 5.35. The zero-order chi connectivity index (χ0) is 11.5. The molecule has 1 aliphatic carbocycles. The Balaban J connectivity index is 2.26. The number of hydrogen-bond donors (Lipinski definition) is 1. The third kappa shape index (κ3) is 4.84. The van der Waals surface area contributed by atoms with Crippen LogP contribution in [0.3, 0.4) is 0 Å². The van der Waals surface area contributed by atoms with Crippen LogP contribution in [0.4, 0.5) is 13.2 Å². The van der Waals surface area contributed by atoms with E-state index >= 15 is 0 Å². The maximum Gasteiger partial charge on any atom is 0.390 e. The molecule has 1 fully saturated rings. The number of nitrogens with two attached hydrogens (primary N) is 1. The smallest absolute Gasteiger partial charge is 0.324 e. The molecule has 0 aliphatic heterocycles. The van der Waals surface area contributed by atoms with E-state index in [9.17, 15) is 13.2 Å². The van der Waals surface area contributed by atoms with Crippen molar-refractivity contribution in [1.29, 1.82) is 0 Å². The Bertz CT molecular complexity index is 197. The van der Waals surface area contributed by atoms with E-state index in [0.717, 1.165) is 25.7 Å². The van der Waals surface area contributed by atoms with Gasteiger partial charge >= 0.3 is 6.18 Å². The molecule has 0 aromatic heterocycles. The molecule has 0 amide bonds. The largest absolute Gasteiger partial charge is 0.390 e. The molecule has 5 heteroatoms. The number of likely N-dealkylation sites (N-methyl/N-ethyl adjacent to an activating group) is 1. The molecule has 0 atom stereocenters. The molecule has 0 radical (unpaired) electrons. The van der Waals surface area contributed by atoms with Crippen molar-refractivity contribution in [2.45, 2.75) is 43.8 Å². The summed E-state index contributed by atoms with van der Waals surface area (Å²) in [5.74, 6) is 0. The lowest BCUT2D eigenvalue weighted by atomic mass is 9.99. The summed E-state index contributed by atoms with van der Waals surface area (Å²) in [5, 5.41) is 0. The molecule has 0 saturated heterocycles. The highest BCUT2D eigenvalue weighted by Crippen LogP contribution is 2.28. The Kier molecular flexibility index (Phi) is 4.00. The second kappa shape index (κ2) is 4.70. The van der Waals surface area contributed by atoms with E-state index in [4.69, 9.17) is 5.73 Å². The Hall–Kier alpha value is -0.290. The molecule has 1 saturated carbocycles. The maximum absolute atomic E-state index is 12.0. The van der Waals surface area contributed by atoms with Gasteiger partial charge in [0.05, 0.1) is 6.42 Å². The predicted octanol–water partition coefficient (Wildman–Crippen LogP) is 2.14. The monoisotopic (exact) mass is 224 g/mol. The number of hydrogen-bond acceptors (Lipinski definition) is 2. The van der Waals surface area contributed by atoms with Gasteiger partial charge in [0, 0.05) is 18.6 Å². The minimum atomic E-state index is -4.06. The fourth-order valence-corrected chi connectivity index (χ4v) is 2.17. The Morgan fingerprint density at radius 1 is 1.27 bits per heavy atom. The SMILES string of the molecule is CN(CCC(F)(F)F)CC1(N)CCCC1. The molecule has 0 aromatic carbocycles. The van der Waals surface area contributed by atoms with Crippen molar-refractivity contribution in [3.8, 4) is 0 Å². The zero-order valence-electron chi connectivity index (χ0n) is 9.11. The highest BCUT2D eigenvalue weighted by atomic mass is 19.4. The molecule has 0 spiro atoms. The van der Waals surface area contributed by atoms with Crippen LogP contribution in [0, 0.1) is 0 Å². The van der Waals surface area contributed by atoms with Crippen LogP contribution in [0.1, 0.15) is 32.1 Å². The highest BCUT2D eigenvalue weighted by Gasteiger charge is 2.32. The summed E-state index contributed by atoms with van der Waals surface area (Å²) in [6.07, 6.45) is -0.745. The Morgan fingerprint density at radius 2 is 1.80 bits per heavy atom. The molecular weight excluding hydrogens is 205 g/mol. The summed E-state index contributed by atoms with van der Waals surface area (Å²) in [5.41, 5.74) is 5.83. The zero-order valence-corrected chi connectivity index (χ0v) is 9.11. The number of alkyl halides is 3. The van der Waals surface area contributed by atoms with Crippen LogP contribution in [0.2, 0.25) is 0 Å². The molecule has 2 N–H and O–H groups in total. The first-order valence-electron chi connectivity index (χ1n) is 5.35. The average Bonchev–Trinajstić information content (AvgIpc) is 2.47. The summed E-state index contributed by atoms with van der Waals surface area (Å²) >= 11 is 0. The van der Waals surface area contributed by atoms with Crippen LogP contribution < -0.4 is 5.73 Å². The van der Waals surface area contributed by atoms with E-state index in [2.05, 4.69) is 0 Å². The van der Waals surface area contributed by atoms with Crippen molar-refractivity contribution >= 4 is 0 Å². The standard InChI is InChI=1S/C10H19F3N2/c1-15(7-6-10(11,12)13)8-9(14)4-2-3-5-9/h2-8,14H2,1H3. The van der Waals surface area contributed by atoms with Crippen molar-refractivity contribution < 1.29 is 13.2 Å². The van der Waals surface area contributed by atoms with E-state index in [1.165, 1.54) is 0 Å². The number of rotatable bonds is 4. The molecule has 2 nitrogen and oxygen atoms in total. The van der Waals surface area contributed by atoms with E-state index in [-0.39, 0.29) is 12.1 Å². The van der Waals surface area contributed by atoms with Gasteiger partial charge in [-0.05, 0) is 19.9 Å². The summed E-state index contributed by atoms with van der Waals surface area (Å²) in [4.78, 5) is 1.69. The molecule has 0 bridgehead atoms. The quantitative estimate of drug-likeness (QED) is 0.792. The Labute approximate surface area is 88.6 Å². The van der Waals surface area contributed by atoms with Gasteiger partial charge in [-0.2, -0.15) is 13.2 Å². The van der Waals surface area contributed by atoms with Gasteiger partial charge in [-0.25, -0.2) is 0 Å². The summed E-state index contributed by atoms with van der Waals surface area (Å²) < 4.78 is 35.9. The minimum Gasteiger partial charge on any atom is -0.324 e. The number of nitrogens with zero attached hydrogens (tertiary/aromatic N) is 1. The van der Waals surface area contributed by atoms with Gasteiger partial charge in [0.25, 0.3) is 0 Å². The van der Waals surface area contributed by atoms with Crippen molar-refractivity contribution in [2.75, 3.05) is 20.1 Å². The number of halogens is 3. The van der Waals surface area contributed by atoms with Crippen LogP contribution in [0.15, 0.2) is 0 Å². The van der Waals surface area contributed by atoms with Crippen molar-refractivity contribution in [3.63, 3.8) is 0 Å². The van der Waals surface area contributed by atoms with Gasteiger partial charge in [-0.15, -0.1) is 0 Å². The highest BCUT2D eigenvalue weighted by molar-refractivity contribution is 4.91. The van der Waals surface area contributed by atoms with Crippen LogP contribution in [0.5, 0.6) is 0 Å². The van der Waals surface area contributed by atoms with E-state index in [1.54, 1.807) is 11.9 Å². The normalized spacial score (nSPS) is 21.2. The first kappa shape index (κ1) is 12.8. The van der Waals surface area contributed by atoms with Gasteiger partial charge in [-0.3, -0.25) is 0 Å².